The van der Waals surface area contributed by atoms with E-state index >= 15 is 0 Å². The first-order valence-electron chi connectivity index (χ1n) is 5.58. The van der Waals surface area contributed by atoms with Gasteiger partial charge in [0.1, 0.15) is 6.26 Å². The third kappa shape index (κ3) is 3.12. The van der Waals surface area contributed by atoms with Crippen molar-refractivity contribution in [3.05, 3.63) is 34.3 Å². The van der Waals surface area contributed by atoms with Crippen LogP contribution in [0.25, 0.3) is 0 Å². The summed E-state index contributed by atoms with van der Waals surface area (Å²) in [6.45, 7) is 4.22. The molecule has 0 radical (unpaired) electrons. The number of nitrogens with two attached hydrogens (primary N) is 1. The highest BCUT2D eigenvalue weighted by molar-refractivity contribution is 7.99. The first-order chi connectivity index (χ1) is 8.20. The molecule has 5 heteroatoms. The van der Waals surface area contributed by atoms with Gasteiger partial charge in [-0.2, -0.15) is 0 Å². The first-order valence-corrected chi connectivity index (χ1v) is 7.28. The molecular weight excluding hydrogens is 252 g/mol. The van der Waals surface area contributed by atoms with E-state index < -0.39 is 0 Å². The predicted octanol–water partition coefficient (Wildman–Crippen LogP) is 3.62. The Morgan fingerprint density at radius 3 is 2.88 bits per heavy atom. The minimum atomic E-state index is 0.116. The zero-order valence-corrected chi connectivity index (χ0v) is 11.6. The van der Waals surface area contributed by atoms with Gasteiger partial charge in [-0.1, -0.05) is 18.7 Å². The van der Waals surface area contributed by atoms with Crippen molar-refractivity contribution in [2.24, 2.45) is 5.73 Å². The molecule has 2 aromatic heterocycles. The summed E-state index contributed by atoms with van der Waals surface area (Å²) in [7, 11) is 0. The van der Waals surface area contributed by atoms with Gasteiger partial charge < -0.3 is 10.2 Å². The van der Waals surface area contributed by atoms with Gasteiger partial charge in [-0.15, -0.1) is 11.3 Å². The number of oxazole rings is 1. The minimum absolute atomic E-state index is 0.116. The number of hydrogen-bond donors (Lipinski definition) is 1. The van der Waals surface area contributed by atoms with Gasteiger partial charge in [0, 0.05) is 15.8 Å². The fourth-order valence-electron chi connectivity index (χ4n) is 1.55. The van der Waals surface area contributed by atoms with Crippen LogP contribution in [0.15, 0.2) is 34.2 Å². The van der Waals surface area contributed by atoms with Crippen molar-refractivity contribution in [2.75, 3.05) is 0 Å². The van der Waals surface area contributed by atoms with Crippen molar-refractivity contribution in [1.29, 1.82) is 0 Å². The van der Waals surface area contributed by atoms with Crippen LogP contribution in [0.3, 0.4) is 0 Å². The van der Waals surface area contributed by atoms with Crippen molar-refractivity contribution in [1.82, 2.24) is 4.98 Å². The molecule has 2 rings (SSSR count). The van der Waals surface area contributed by atoms with Crippen LogP contribution in [0, 0.1) is 6.92 Å². The van der Waals surface area contributed by atoms with E-state index in [0.29, 0.717) is 5.22 Å². The lowest BCUT2D eigenvalue weighted by molar-refractivity contribution is 0.451. The molecule has 0 saturated heterocycles. The fourth-order valence-corrected chi connectivity index (χ4v) is 3.79. The third-order valence-electron chi connectivity index (χ3n) is 2.54. The van der Waals surface area contributed by atoms with Gasteiger partial charge in [-0.3, -0.25) is 0 Å². The second-order valence-corrected chi connectivity index (χ2v) is 6.27. The van der Waals surface area contributed by atoms with E-state index in [0.717, 1.165) is 6.42 Å². The molecule has 0 saturated carbocycles. The Hall–Kier alpha value is -0.780. The van der Waals surface area contributed by atoms with E-state index in [1.165, 1.54) is 9.75 Å². The highest BCUT2D eigenvalue weighted by Gasteiger charge is 2.23. The van der Waals surface area contributed by atoms with Gasteiger partial charge >= 0.3 is 0 Å². The number of hydrogen-bond acceptors (Lipinski definition) is 5. The number of nitrogens with zero attached hydrogens (tertiary/aromatic N) is 1. The van der Waals surface area contributed by atoms with Crippen LogP contribution in [0.5, 0.6) is 0 Å². The topological polar surface area (TPSA) is 52.0 Å². The molecule has 92 valence electrons. The first kappa shape index (κ1) is 12.7. The number of thiophene rings is 1. The Bertz CT molecular complexity index is 453. The zero-order valence-electron chi connectivity index (χ0n) is 9.92. The third-order valence-corrected chi connectivity index (χ3v) is 5.03. The molecule has 0 aromatic carbocycles. The van der Waals surface area contributed by atoms with Gasteiger partial charge in [-0.05, 0) is 25.5 Å². The lowest BCUT2D eigenvalue weighted by Gasteiger charge is -2.19. The average Bonchev–Trinajstić information content (AvgIpc) is 2.96. The zero-order chi connectivity index (χ0) is 12.3. The van der Waals surface area contributed by atoms with Crippen LogP contribution in [0.4, 0.5) is 0 Å². The highest BCUT2D eigenvalue weighted by Crippen LogP contribution is 2.40. The highest BCUT2D eigenvalue weighted by atomic mass is 32.2. The molecule has 0 spiro atoms. The van der Waals surface area contributed by atoms with Gasteiger partial charge in [0.05, 0.1) is 11.4 Å². The lowest BCUT2D eigenvalue weighted by Crippen LogP contribution is -2.25. The van der Waals surface area contributed by atoms with E-state index in [4.69, 9.17) is 10.2 Å². The number of thioether (sulfide) groups is 1. The summed E-state index contributed by atoms with van der Waals surface area (Å²) in [5, 5.41) is 0.905. The molecule has 3 nitrogen and oxygen atoms in total. The Labute approximate surface area is 109 Å². The van der Waals surface area contributed by atoms with Crippen LogP contribution in [0.1, 0.15) is 28.3 Å². The standard InChI is InChI=1S/C12H16N2OS2/c1-3-9(13)11(10-5-4-8(2)16-10)17-12-14-6-7-15-12/h4-7,9,11H,3,13H2,1-2H3. The molecular formula is C12H16N2OS2. The van der Waals surface area contributed by atoms with Gasteiger partial charge in [0.15, 0.2) is 0 Å². The van der Waals surface area contributed by atoms with E-state index in [1.807, 2.05) is 0 Å². The Morgan fingerprint density at radius 2 is 2.35 bits per heavy atom. The number of aryl methyl sites for hydroxylation is 1. The van der Waals surface area contributed by atoms with Crippen LogP contribution in [-0.2, 0) is 0 Å². The van der Waals surface area contributed by atoms with Crippen LogP contribution in [0.2, 0.25) is 0 Å². The molecule has 17 heavy (non-hydrogen) atoms. The normalized spacial score (nSPS) is 14.8. The quantitative estimate of drug-likeness (QED) is 0.842. The van der Waals surface area contributed by atoms with Crippen molar-refractivity contribution in [3.8, 4) is 0 Å². The Kier molecular flexibility index (Phi) is 4.25. The fraction of sp³-hybridized carbons (Fsp3) is 0.417. The minimum Gasteiger partial charge on any atom is -0.440 e. The predicted molar refractivity (Wildman–Crippen MR) is 72.4 cm³/mol. The second kappa shape index (κ2) is 5.71. The summed E-state index contributed by atoms with van der Waals surface area (Å²) in [4.78, 5) is 6.75. The summed E-state index contributed by atoms with van der Waals surface area (Å²) >= 11 is 3.39. The van der Waals surface area contributed by atoms with E-state index in [9.17, 15) is 0 Å². The number of aromatic nitrogens is 1. The van der Waals surface area contributed by atoms with E-state index in [1.54, 1.807) is 35.6 Å². The SMILES string of the molecule is CCC(N)C(Sc1ncco1)c1ccc(C)s1. The molecule has 2 N–H and O–H groups in total. The molecule has 0 fully saturated rings. The van der Waals surface area contributed by atoms with Crippen LogP contribution in [-0.4, -0.2) is 11.0 Å². The smallest absolute Gasteiger partial charge is 0.256 e. The number of rotatable bonds is 5. The van der Waals surface area contributed by atoms with Crippen LogP contribution >= 0.6 is 23.1 Å². The molecule has 0 amide bonds. The average molecular weight is 268 g/mol. The van der Waals surface area contributed by atoms with Crippen molar-refractivity contribution >= 4 is 23.1 Å². The monoisotopic (exact) mass is 268 g/mol. The molecule has 0 aliphatic rings. The maximum Gasteiger partial charge on any atom is 0.256 e. The lowest BCUT2D eigenvalue weighted by atomic mass is 10.1. The Morgan fingerprint density at radius 1 is 1.53 bits per heavy atom. The summed E-state index contributed by atoms with van der Waals surface area (Å²) in [6, 6.07) is 4.40. The van der Waals surface area contributed by atoms with Crippen molar-refractivity contribution < 1.29 is 4.42 Å². The molecule has 2 unspecified atom stereocenters. The molecule has 2 aromatic rings. The summed E-state index contributed by atoms with van der Waals surface area (Å²) in [6.07, 6.45) is 4.20. The summed E-state index contributed by atoms with van der Waals surface area (Å²) < 4.78 is 5.29. The largest absolute Gasteiger partial charge is 0.440 e. The Balaban J connectivity index is 2.19. The molecule has 2 heterocycles. The molecule has 2 atom stereocenters. The van der Waals surface area contributed by atoms with Gasteiger partial charge in [0.25, 0.3) is 5.22 Å². The second-order valence-electron chi connectivity index (χ2n) is 3.86. The van der Waals surface area contributed by atoms with Crippen LogP contribution < -0.4 is 5.73 Å². The summed E-state index contributed by atoms with van der Waals surface area (Å²) in [5.41, 5.74) is 6.19. The molecule has 0 aliphatic heterocycles. The maximum atomic E-state index is 6.19. The van der Waals surface area contributed by atoms with E-state index in [-0.39, 0.29) is 11.3 Å². The van der Waals surface area contributed by atoms with E-state index in [2.05, 4.69) is 31.0 Å². The molecule has 0 aliphatic carbocycles. The van der Waals surface area contributed by atoms with Crippen molar-refractivity contribution in [2.45, 2.75) is 36.8 Å². The van der Waals surface area contributed by atoms with Gasteiger partial charge in [-0.25, -0.2) is 4.98 Å². The van der Waals surface area contributed by atoms with Gasteiger partial charge in [0.2, 0.25) is 0 Å². The summed E-state index contributed by atoms with van der Waals surface area (Å²) in [5.74, 6) is 0. The molecule has 0 bridgehead atoms. The van der Waals surface area contributed by atoms with Crippen molar-refractivity contribution in [3.63, 3.8) is 0 Å². The maximum absolute atomic E-state index is 6.19.